The van der Waals surface area contributed by atoms with Crippen molar-refractivity contribution in [1.82, 2.24) is 4.98 Å². The van der Waals surface area contributed by atoms with Gasteiger partial charge in [0.25, 0.3) is 0 Å². The van der Waals surface area contributed by atoms with E-state index in [-0.39, 0.29) is 5.78 Å². The molecule has 0 bridgehead atoms. The summed E-state index contributed by atoms with van der Waals surface area (Å²) in [6, 6.07) is 3.75. The van der Waals surface area contributed by atoms with Gasteiger partial charge in [-0.2, -0.15) is 0 Å². The minimum Gasteiger partial charge on any atom is -0.294 e. The molecule has 0 fully saturated rings. The first-order chi connectivity index (χ1) is 8.13. The molecule has 17 heavy (non-hydrogen) atoms. The lowest BCUT2D eigenvalue weighted by Gasteiger charge is -2.03. The van der Waals surface area contributed by atoms with Gasteiger partial charge in [0.2, 0.25) is 0 Å². The van der Waals surface area contributed by atoms with Crippen LogP contribution < -0.4 is 0 Å². The van der Waals surface area contributed by atoms with Crippen LogP contribution in [0.25, 0.3) is 0 Å². The van der Waals surface area contributed by atoms with Gasteiger partial charge in [0, 0.05) is 23.4 Å². The van der Waals surface area contributed by atoms with E-state index in [9.17, 15) is 4.79 Å². The highest BCUT2D eigenvalue weighted by atomic mass is 16.1. The van der Waals surface area contributed by atoms with Gasteiger partial charge in [-0.15, -0.1) is 6.58 Å². The summed E-state index contributed by atoms with van der Waals surface area (Å²) in [6.45, 7) is 7.54. The Hall–Kier alpha value is -1.44. The van der Waals surface area contributed by atoms with Crippen LogP contribution >= 0.6 is 0 Å². The number of aryl methyl sites for hydroxylation is 2. The number of allylic oxidation sites excluding steroid dienone is 1. The summed E-state index contributed by atoms with van der Waals surface area (Å²) in [5.74, 6) is 0.234. The summed E-state index contributed by atoms with van der Waals surface area (Å²) >= 11 is 0. The van der Waals surface area contributed by atoms with E-state index < -0.39 is 0 Å². The average molecular weight is 231 g/mol. The normalized spacial score (nSPS) is 10.2. The molecule has 0 aliphatic rings. The number of unbranched alkanes of at least 4 members (excludes halogenated alkanes) is 3. The maximum absolute atomic E-state index is 11.9. The third kappa shape index (κ3) is 4.94. The minimum atomic E-state index is 0.234. The largest absolute Gasteiger partial charge is 0.294 e. The SMILES string of the molecule is C=CCCCCCC(=O)c1cc(C)nc(C)c1. The molecule has 1 aromatic heterocycles. The van der Waals surface area contributed by atoms with Crippen molar-refractivity contribution in [3.63, 3.8) is 0 Å². The molecule has 1 aromatic rings. The van der Waals surface area contributed by atoms with Gasteiger partial charge in [-0.25, -0.2) is 0 Å². The Morgan fingerprint density at radius 2 is 1.88 bits per heavy atom. The summed E-state index contributed by atoms with van der Waals surface area (Å²) < 4.78 is 0. The van der Waals surface area contributed by atoms with E-state index in [4.69, 9.17) is 0 Å². The Morgan fingerprint density at radius 3 is 2.47 bits per heavy atom. The van der Waals surface area contributed by atoms with E-state index in [0.717, 1.165) is 42.6 Å². The Bertz CT molecular complexity index is 376. The number of rotatable bonds is 7. The molecular weight excluding hydrogens is 210 g/mol. The molecule has 0 N–H and O–H groups in total. The van der Waals surface area contributed by atoms with Crippen LogP contribution in [0.2, 0.25) is 0 Å². The van der Waals surface area contributed by atoms with E-state index >= 15 is 0 Å². The lowest BCUT2D eigenvalue weighted by Crippen LogP contribution is -2.01. The van der Waals surface area contributed by atoms with Gasteiger partial charge in [-0.05, 0) is 45.2 Å². The second-order valence-corrected chi connectivity index (χ2v) is 4.45. The van der Waals surface area contributed by atoms with Crippen molar-refractivity contribution in [2.75, 3.05) is 0 Å². The standard InChI is InChI=1S/C15H21NO/c1-4-5-6-7-8-9-15(17)14-10-12(2)16-13(3)11-14/h4,10-11H,1,5-9H2,2-3H3. The third-order valence-electron chi connectivity index (χ3n) is 2.72. The Kier molecular flexibility index (Phi) is 5.61. The van der Waals surface area contributed by atoms with E-state index in [1.54, 1.807) is 0 Å². The number of hydrogen-bond donors (Lipinski definition) is 0. The number of nitrogens with zero attached hydrogens (tertiary/aromatic N) is 1. The quantitative estimate of drug-likeness (QED) is 0.403. The zero-order chi connectivity index (χ0) is 12.7. The van der Waals surface area contributed by atoms with Crippen molar-refractivity contribution in [3.8, 4) is 0 Å². The molecular formula is C15H21NO. The molecule has 0 aliphatic heterocycles. The van der Waals surface area contributed by atoms with Crippen LogP contribution in [0.4, 0.5) is 0 Å². The van der Waals surface area contributed by atoms with Crippen LogP contribution in [0.1, 0.15) is 53.8 Å². The van der Waals surface area contributed by atoms with Crippen LogP contribution in [-0.2, 0) is 0 Å². The molecule has 0 aromatic carbocycles. The molecule has 92 valence electrons. The van der Waals surface area contributed by atoms with Crippen LogP contribution in [0.5, 0.6) is 0 Å². The molecule has 0 atom stereocenters. The maximum atomic E-state index is 11.9. The van der Waals surface area contributed by atoms with Crippen LogP contribution in [0.3, 0.4) is 0 Å². The van der Waals surface area contributed by atoms with Gasteiger partial charge in [-0.1, -0.05) is 12.5 Å². The Morgan fingerprint density at radius 1 is 1.24 bits per heavy atom. The number of ketones is 1. The molecule has 1 rings (SSSR count). The first-order valence-electron chi connectivity index (χ1n) is 6.23. The van der Waals surface area contributed by atoms with Crippen LogP contribution in [-0.4, -0.2) is 10.8 Å². The van der Waals surface area contributed by atoms with Crippen LogP contribution in [0.15, 0.2) is 24.8 Å². The highest BCUT2D eigenvalue weighted by Crippen LogP contribution is 2.11. The van der Waals surface area contributed by atoms with Gasteiger partial charge in [0.05, 0.1) is 0 Å². The second-order valence-electron chi connectivity index (χ2n) is 4.45. The van der Waals surface area contributed by atoms with Crippen molar-refractivity contribution in [2.24, 2.45) is 0 Å². The fourth-order valence-electron chi connectivity index (χ4n) is 1.89. The first-order valence-corrected chi connectivity index (χ1v) is 6.23. The summed E-state index contributed by atoms with van der Waals surface area (Å²) in [6.07, 6.45) is 6.80. The molecule has 0 aliphatic carbocycles. The molecule has 2 nitrogen and oxygen atoms in total. The fraction of sp³-hybridized carbons (Fsp3) is 0.467. The van der Waals surface area contributed by atoms with E-state index in [1.165, 1.54) is 0 Å². The molecule has 0 radical (unpaired) electrons. The maximum Gasteiger partial charge on any atom is 0.163 e. The van der Waals surface area contributed by atoms with Crippen molar-refractivity contribution in [2.45, 2.75) is 46.0 Å². The number of hydrogen-bond acceptors (Lipinski definition) is 2. The molecule has 2 heteroatoms. The lowest BCUT2D eigenvalue weighted by atomic mass is 10.0. The van der Waals surface area contributed by atoms with Crippen molar-refractivity contribution < 1.29 is 4.79 Å². The average Bonchev–Trinajstić information content (AvgIpc) is 2.27. The van der Waals surface area contributed by atoms with Crippen LogP contribution in [0, 0.1) is 13.8 Å². The van der Waals surface area contributed by atoms with Crippen molar-refractivity contribution in [1.29, 1.82) is 0 Å². The second kappa shape index (κ2) is 7.00. The number of carbonyl (C=O) groups is 1. The summed E-state index contributed by atoms with van der Waals surface area (Å²) in [7, 11) is 0. The fourth-order valence-corrected chi connectivity index (χ4v) is 1.89. The zero-order valence-corrected chi connectivity index (χ0v) is 10.8. The summed E-state index contributed by atoms with van der Waals surface area (Å²) in [5.41, 5.74) is 2.64. The Labute approximate surface area is 104 Å². The predicted octanol–water partition coefficient (Wildman–Crippen LogP) is 4.02. The zero-order valence-electron chi connectivity index (χ0n) is 10.8. The topological polar surface area (TPSA) is 30.0 Å². The smallest absolute Gasteiger partial charge is 0.163 e. The van der Waals surface area contributed by atoms with E-state index in [1.807, 2.05) is 32.1 Å². The number of carbonyl (C=O) groups excluding carboxylic acids is 1. The molecule has 1 heterocycles. The minimum absolute atomic E-state index is 0.234. The monoisotopic (exact) mass is 231 g/mol. The van der Waals surface area contributed by atoms with E-state index in [2.05, 4.69) is 11.6 Å². The molecule has 0 saturated carbocycles. The first kappa shape index (κ1) is 13.6. The summed E-state index contributed by atoms with van der Waals surface area (Å²) in [5, 5.41) is 0. The molecule has 0 amide bonds. The third-order valence-corrected chi connectivity index (χ3v) is 2.72. The van der Waals surface area contributed by atoms with Gasteiger partial charge >= 0.3 is 0 Å². The van der Waals surface area contributed by atoms with Gasteiger partial charge in [-0.3, -0.25) is 9.78 Å². The molecule has 0 unspecified atom stereocenters. The molecule has 0 saturated heterocycles. The van der Waals surface area contributed by atoms with Gasteiger partial charge in [0.15, 0.2) is 5.78 Å². The molecule has 0 spiro atoms. The number of pyridine rings is 1. The summed E-state index contributed by atoms with van der Waals surface area (Å²) in [4.78, 5) is 16.2. The van der Waals surface area contributed by atoms with Crippen molar-refractivity contribution in [3.05, 3.63) is 41.7 Å². The van der Waals surface area contributed by atoms with E-state index in [0.29, 0.717) is 6.42 Å². The Balaban J connectivity index is 2.44. The predicted molar refractivity (Wildman–Crippen MR) is 71.3 cm³/mol. The highest BCUT2D eigenvalue weighted by molar-refractivity contribution is 5.96. The number of aromatic nitrogens is 1. The van der Waals surface area contributed by atoms with Crippen molar-refractivity contribution >= 4 is 5.78 Å². The lowest BCUT2D eigenvalue weighted by molar-refractivity contribution is 0.0979. The highest BCUT2D eigenvalue weighted by Gasteiger charge is 2.06. The van der Waals surface area contributed by atoms with Gasteiger partial charge in [0.1, 0.15) is 0 Å². The van der Waals surface area contributed by atoms with Gasteiger partial charge < -0.3 is 0 Å². The number of Topliss-reactive ketones (excluding diaryl/α,β-unsaturated/α-hetero) is 1.